The van der Waals surface area contributed by atoms with E-state index in [2.05, 4.69) is 10.2 Å². The Bertz CT molecular complexity index is 736. The average Bonchev–Trinajstić information content (AvgIpc) is 2.82. The van der Waals surface area contributed by atoms with Gasteiger partial charge in [0.05, 0.1) is 5.56 Å². The van der Waals surface area contributed by atoms with Crippen LogP contribution in [-0.4, -0.2) is 20.9 Å². The molecule has 18 heavy (non-hydrogen) atoms. The van der Waals surface area contributed by atoms with Gasteiger partial charge in [-0.15, -0.1) is 10.2 Å². The summed E-state index contributed by atoms with van der Waals surface area (Å²) in [6, 6.07) is 9.48. The lowest BCUT2D eigenvalue weighted by Gasteiger charge is -2.00. The summed E-state index contributed by atoms with van der Waals surface area (Å²) >= 11 is 0. The molecule has 0 saturated carbocycles. The highest BCUT2D eigenvalue weighted by Crippen LogP contribution is 2.20. The standard InChI is InChI=1S/C13H8FN3O/c14-11-5-1-3-9(7-11)12-15-16-13-10(8-18)4-2-6-17(12)13/h1-8H. The first kappa shape index (κ1) is 10.6. The number of nitrogens with zero attached hydrogens (tertiary/aromatic N) is 3. The number of aromatic nitrogens is 3. The topological polar surface area (TPSA) is 47.3 Å². The van der Waals surface area contributed by atoms with E-state index in [0.717, 1.165) is 6.29 Å². The number of aldehydes is 1. The molecule has 4 nitrogen and oxygen atoms in total. The molecule has 0 unspecified atom stereocenters. The highest BCUT2D eigenvalue weighted by molar-refractivity contribution is 5.84. The Labute approximate surface area is 102 Å². The molecule has 3 rings (SSSR count). The third kappa shape index (κ3) is 1.57. The summed E-state index contributed by atoms with van der Waals surface area (Å²) in [7, 11) is 0. The molecular formula is C13H8FN3O. The first-order chi connectivity index (χ1) is 8.79. The monoisotopic (exact) mass is 241 g/mol. The van der Waals surface area contributed by atoms with Gasteiger partial charge >= 0.3 is 0 Å². The lowest BCUT2D eigenvalue weighted by atomic mass is 10.2. The number of benzene rings is 1. The van der Waals surface area contributed by atoms with E-state index in [4.69, 9.17) is 0 Å². The van der Waals surface area contributed by atoms with Crippen molar-refractivity contribution in [3.63, 3.8) is 0 Å². The lowest BCUT2D eigenvalue weighted by Crippen LogP contribution is -1.92. The Morgan fingerprint density at radius 1 is 1.17 bits per heavy atom. The first-order valence-corrected chi connectivity index (χ1v) is 5.34. The molecule has 0 N–H and O–H groups in total. The Morgan fingerprint density at radius 2 is 2.06 bits per heavy atom. The first-order valence-electron chi connectivity index (χ1n) is 5.34. The summed E-state index contributed by atoms with van der Waals surface area (Å²) in [6.45, 7) is 0. The van der Waals surface area contributed by atoms with E-state index in [1.165, 1.54) is 12.1 Å². The molecule has 88 valence electrons. The highest BCUT2D eigenvalue weighted by Gasteiger charge is 2.10. The molecule has 0 atom stereocenters. The molecule has 5 heteroatoms. The average molecular weight is 241 g/mol. The van der Waals surface area contributed by atoms with Gasteiger partial charge in [-0.05, 0) is 24.3 Å². The Kier molecular flexibility index (Phi) is 2.37. The number of rotatable bonds is 2. The van der Waals surface area contributed by atoms with E-state index < -0.39 is 0 Å². The zero-order valence-corrected chi connectivity index (χ0v) is 9.25. The Balaban J connectivity index is 2.28. The predicted octanol–water partition coefficient (Wildman–Crippen LogP) is 2.35. The van der Waals surface area contributed by atoms with E-state index in [0.29, 0.717) is 22.6 Å². The van der Waals surface area contributed by atoms with Crippen LogP contribution in [0.4, 0.5) is 4.39 Å². The second-order valence-electron chi connectivity index (χ2n) is 3.81. The number of halogens is 1. The molecule has 0 fully saturated rings. The zero-order chi connectivity index (χ0) is 12.5. The van der Waals surface area contributed by atoms with Gasteiger partial charge in [-0.25, -0.2) is 4.39 Å². The number of hydrogen-bond acceptors (Lipinski definition) is 3. The van der Waals surface area contributed by atoms with Gasteiger partial charge in [0.25, 0.3) is 0 Å². The van der Waals surface area contributed by atoms with Crippen molar-refractivity contribution in [2.75, 3.05) is 0 Å². The summed E-state index contributed by atoms with van der Waals surface area (Å²) in [5, 5.41) is 7.96. The molecule has 0 bridgehead atoms. The molecule has 1 aromatic carbocycles. The molecule has 0 radical (unpaired) electrons. The van der Waals surface area contributed by atoms with Crippen LogP contribution in [0.5, 0.6) is 0 Å². The molecule has 0 aliphatic rings. The molecule has 2 heterocycles. The Morgan fingerprint density at radius 3 is 2.83 bits per heavy atom. The molecule has 3 aromatic rings. The van der Waals surface area contributed by atoms with Crippen LogP contribution in [-0.2, 0) is 0 Å². The number of fused-ring (bicyclic) bond motifs is 1. The number of pyridine rings is 1. The summed E-state index contributed by atoms with van der Waals surface area (Å²) in [6.07, 6.45) is 2.46. The number of carbonyl (C=O) groups excluding carboxylic acids is 1. The minimum Gasteiger partial charge on any atom is -0.298 e. The maximum absolute atomic E-state index is 13.2. The second-order valence-corrected chi connectivity index (χ2v) is 3.81. The van der Waals surface area contributed by atoms with Crippen molar-refractivity contribution in [3.05, 3.63) is 54.0 Å². The fraction of sp³-hybridized carbons (Fsp3) is 0. The van der Waals surface area contributed by atoms with Crippen molar-refractivity contribution < 1.29 is 9.18 Å². The van der Waals surface area contributed by atoms with Crippen LogP contribution in [0, 0.1) is 5.82 Å². The van der Waals surface area contributed by atoms with Gasteiger partial charge in [0.15, 0.2) is 17.8 Å². The van der Waals surface area contributed by atoms with Gasteiger partial charge in [-0.3, -0.25) is 9.20 Å². The minimum absolute atomic E-state index is 0.337. The smallest absolute Gasteiger partial charge is 0.171 e. The minimum atomic E-state index is -0.337. The predicted molar refractivity (Wildman–Crippen MR) is 63.8 cm³/mol. The molecule has 2 aromatic heterocycles. The van der Waals surface area contributed by atoms with Crippen molar-refractivity contribution in [3.8, 4) is 11.4 Å². The van der Waals surface area contributed by atoms with Crippen LogP contribution in [0.2, 0.25) is 0 Å². The molecule has 0 aliphatic heterocycles. The van der Waals surface area contributed by atoms with Gasteiger partial charge in [0.2, 0.25) is 0 Å². The fourth-order valence-electron chi connectivity index (χ4n) is 1.85. The molecule has 0 saturated heterocycles. The van der Waals surface area contributed by atoms with Gasteiger partial charge in [0, 0.05) is 11.8 Å². The fourth-order valence-corrected chi connectivity index (χ4v) is 1.85. The van der Waals surface area contributed by atoms with Crippen LogP contribution in [0.3, 0.4) is 0 Å². The second kappa shape index (κ2) is 4.03. The third-order valence-corrected chi connectivity index (χ3v) is 2.67. The SMILES string of the molecule is O=Cc1cccn2c(-c3cccc(F)c3)nnc12. The molecule has 0 amide bonds. The van der Waals surface area contributed by atoms with Crippen LogP contribution in [0.15, 0.2) is 42.6 Å². The summed E-state index contributed by atoms with van der Waals surface area (Å²) < 4.78 is 14.9. The molecule has 0 aliphatic carbocycles. The van der Waals surface area contributed by atoms with E-state index in [1.54, 1.807) is 34.9 Å². The van der Waals surface area contributed by atoms with Crippen molar-refractivity contribution in [2.24, 2.45) is 0 Å². The lowest BCUT2D eigenvalue weighted by molar-refractivity contribution is 0.112. The van der Waals surface area contributed by atoms with Crippen LogP contribution < -0.4 is 0 Å². The van der Waals surface area contributed by atoms with Gasteiger partial charge in [0.1, 0.15) is 5.82 Å². The molecular weight excluding hydrogens is 233 g/mol. The number of carbonyl (C=O) groups is 1. The summed E-state index contributed by atoms with van der Waals surface area (Å²) in [5.74, 6) is 0.170. The summed E-state index contributed by atoms with van der Waals surface area (Å²) in [5.41, 5.74) is 1.53. The summed E-state index contributed by atoms with van der Waals surface area (Å²) in [4.78, 5) is 10.9. The van der Waals surface area contributed by atoms with Crippen molar-refractivity contribution in [2.45, 2.75) is 0 Å². The highest BCUT2D eigenvalue weighted by atomic mass is 19.1. The van der Waals surface area contributed by atoms with Crippen molar-refractivity contribution in [1.29, 1.82) is 0 Å². The van der Waals surface area contributed by atoms with Gasteiger partial charge in [-0.2, -0.15) is 0 Å². The van der Waals surface area contributed by atoms with Gasteiger partial charge in [-0.1, -0.05) is 12.1 Å². The molecule has 0 spiro atoms. The maximum Gasteiger partial charge on any atom is 0.171 e. The van der Waals surface area contributed by atoms with Crippen LogP contribution in [0.1, 0.15) is 10.4 Å². The van der Waals surface area contributed by atoms with Crippen molar-refractivity contribution in [1.82, 2.24) is 14.6 Å². The maximum atomic E-state index is 13.2. The van der Waals surface area contributed by atoms with Crippen molar-refractivity contribution >= 4 is 11.9 Å². The largest absolute Gasteiger partial charge is 0.298 e. The van der Waals surface area contributed by atoms with Crippen LogP contribution in [0.25, 0.3) is 17.0 Å². The number of hydrogen-bond donors (Lipinski definition) is 0. The van der Waals surface area contributed by atoms with E-state index >= 15 is 0 Å². The zero-order valence-electron chi connectivity index (χ0n) is 9.25. The normalized spacial score (nSPS) is 10.7. The van der Waals surface area contributed by atoms with Gasteiger partial charge < -0.3 is 0 Å². The van der Waals surface area contributed by atoms with E-state index in [-0.39, 0.29) is 5.82 Å². The third-order valence-electron chi connectivity index (χ3n) is 2.67. The van der Waals surface area contributed by atoms with E-state index in [1.807, 2.05) is 0 Å². The quantitative estimate of drug-likeness (QED) is 0.647. The van der Waals surface area contributed by atoms with Crippen LogP contribution >= 0.6 is 0 Å². The van der Waals surface area contributed by atoms with E-state index in [9.17, 15) is 9.18 Å². The Hall–Kier alpha value is -2.56.